The van der Waals surface area contributed by atoms with Crippen molar-refractivity contribution < 1.29 is 4.74 Å². The zero-order valence-electron chi connectivity index (χ0n) is 14.7. The Hall–Kier alpha value is -3.37. The van der Waals surface area contributed by atoms with Crippen LogP contribution in [0.5, 0.6) is 5.75 Å². The lowest BCUT2D eigenvalue weighted by Crippen LogP contribution is -2.17. The first kappa shape index (κ1) is 18.0. The van der Waals surface area contributed by atoms with Gasteiger partial charge in [-0.2, -0.15) is 5.26 Å². The van der Waals surface area contributed by atoms with Crippen LogP contribution in [-0.2, 0) is 0 Å². The maximum Gasteiger partial charge on any atom is 0.120 e. The molecule has 0 bridgehead atoms. The average Bonchev–Trinajstić information content (AvgIpc) is 2.65. The van der Waals surface area contributed by atoms with Crippen LogP contribution >= 0.6 is 0 Å². The number of hydrogen-bond donors (Lipinski definition) is 1. The molecule has 0 atom stereocenters. The van der Waals surface area contributed by atoms with Crippen LogP contribution in [0.25, 0.3) is 5.57 Å². The highest BCUT2D eigenvalue weighted by Gasteiger charge is 2.11. The lowest BCUT2D eigenvalue weighted by molar-refractivity contribution is 0.415. The molecule has 126 valence electrons. The molecule has 0 aromatic heterocycles. The molecule has 0 heterocycles. The number of anilines is 2. The largest absolute Gasteiger partial charge is 0.497 e. The summed E-state index contributed by atoms with van der Waals surface area (Å²) in [6.07, 6.45) is 1.64. The highest BCUT2D eigenvalue weighted by Crippen LogP contribution is 2.30. The van der Waals surface area contributed by atoms with Gasteiger partial charge in [-0.15, -0.1) is 0 Å². The van der Waals surface area contributed by atoms with Gasteiger partial charge in [-0.1, -0.05) is 11.8 Å². The Balaban J connectivity index is 2.40. The van der Waals surface area contributed by atoms with Gasteiger partial charge in [-0.25, -0.2) is 0 Å². The normalized spacial score (nSPS) is 10.4. The van der Waals surface area contributed by atoms with Gasteiger partial charge in [0.15, 0.2) is 0 Å². The van der Waals surface area contributed by atoms with Gasteiger partial charge in [0.05, 0.1) is 12.7 Å². The number of allylic oxidation sites excluding steroid dienone is 2. The van der Waals surface area contributed by atoms with E-state index in [9.17, 15) is 5.26 Å². The number of methoxy groups -OCH3 is 1. The van der Waals surface area contributed by atoms with E-state index in [1.165, 1.54) is 0 Å². The lowest BCUT2D eigenvalue weighted by Gasteiger charge is -2.21. The topological polar surface area (TPSA) is 62.3 Å². The van der Waals surface area contributed by atoms with E-state index in [4.69, 9.17) is 10.5 Å². The summed E-state index contributed by atoms with van der Waals surface area (Å²) in [7, 11) is 3.61. The minimum absolute atomic E-state index is 0.515. The molecule has 0 amide bonds. The molecule has 0 aliphatic heterocycles. The fourth-order valence-corrected chi connectivity index (χ4v) is 2.28. The smallest absolute Gasteiger partial charge is 0.120 e. The summed E-state index contributed by atoms with van der Waals surface area (Å²) in [4.78, 5) is 2.07. The van der Waals surface area contributed by atoms with Gasteiger partial charge >= 0.3 is 0 Å². The Kier molecular flexibility index (Phi) is 6.09. The summed E-state index contributed by atoms with van der Waals surface area (Å²) in [5.41, 5.74) is 9.50. The number of nitriles is 1. The minimum atomic E-state index is 0.515. The third-order valence-electron chi connectivity index (χ3n) is 3.84. The zero-order valence-corrected chi connectivity index (χ0v) is 14.7. The highest BCUT2D eigenvalue weighted by molar-refractivity contribution is 5.86. The molecule has 0 unspecified atom stereocenters. The zero-order chi connectivity index (χ0) is 18.2. The predicted octanol–water partition coefficient (Wildman–Crippen LogP) is 3.69. The first-order chi connectivity index (χ1) is 12.1. The Bertz CT molecular complexity index is 865. The summed E-state index contributed by atoms with van der Waals surface area (Å²) in [6.45, 7) is 2.87. The van der Waals surface area contributed by atoms with Crippen LogP contribution in [0.15, 0.2) is 48.5 Å². The number of nitrogen functional groups attached to an aromatic ring is 1. The molecule has 25 heavy (non-hydrogen) atoms. The molecule has 4 nitrogen and oxygen atoms in total. The van der Waals surface area contributed by atoms with Gasteiger partial charge in [0.2, 0.25) is 0 Å². The van der Waals surface area contributed by atoms with Crippen molar-refractivity contribution in [1.82, 2.24) is 0 Å². The fraction of sp³-hybridized carbons (Fsp3) is 0.190. The molecule has 0 saturated carbocycles. The molecule has 2 rings (SSSR count). The van der Waals surface area contributed by atoms with Crippen molar-refractivity contribution >= 4 is 16.9 Å². The molecular formula is C21H21N3O. The van der Waals surface area contributed by atoms with Crippen molar-refractivity contribution in [2.24, 2.45) is 0 Å². The van der Waals surface area contributed by atoms with Crippen LogP contribution in [0, 0.1) is 23.2 Å². The minimum Gasteiger partial charge on any atom is -0.497 e. The molecular weight excluding hydrogens is 310 g/mol. The van der Waals surface area contributed by atoms with Crippen LogP contribution in [0.4, 0.5) is 11.4 Å². The monoisotopic (exact) mass is 331 g/mol. The van der Waals surface area contributed by atoms with Gasteiger partial charge in [0, 0.05) is 48.2 Å². The van der Waals surface area contributed by atoms with E-state index in [1.807, 2.05) is 37.4 Å². The van der Waals surface area contributed by atoms with Crippen LogP contribution in [0.3, 0.4) is 0 Å². The lowest BCUT2D eigenvalue weighted by atomic mass is 10.0. The second-order valence-electron chi connectivity index (χ2n) is 5.46. The Morgan fingerprint density at radius 2 is 1.96 bits per heavy atom. The predicted molar refractivity (Wildman–Crippen MR) is 103 cm³/mol. The molecule has 0 aliphatic rings. The molecule has 0 saturated heterocycles. The Morgan fingerprint density at radius 3 is 2.56 bits per heavy atom. The number of rotatable bonds is 4. The highest BCUT2D eigenvalue weighted by atomic mass is 16.5. The summed E-state index contributed by atoms with van der Waals surface area (Å²) < 4.78 is 5.30. The van der Waals surface area contributed by atoms with E-state index in [1.54, 1.807) is 25.3 Å². The van der Waals surface area contributed by atoms with Gasteiger partial charge in [-0.3, -0.25) is 0 Å². The number of nitrogens with two attached hydrogens (primary N) is 1. The molecule has 2 aromatic carbocycles. The first-order valence-electron chi connectivity index (χ1n) is 7.96. The van der Waals surface area contributed by atoms with Crippen molar-refractivity contribution in [3.8, 4) is 23.7 Å². The second kappa shape index (κ2) is 8.47. The van der Waals surface area contributed by atoms with Crippen molar-refractivity contribution in [2.45, 2.75) is 6.92 Å². The molecule has 0 spiro atoms. The van der Waals surface area contributed by atoms with Gasteiger partial charge in [0.1, 0.15) is 11.8 Å². The van der Waals surface area contributed by atoms with Crippen LogP contribution in [0.2, 0.25) is 0 Å². The summed E-state index contributed by atoms with van der Waals surface area (Å²) in [5.74, 6) is 6.73. The van der Waals surface area contributed by atoms with E-state index in [-0.39, 0.29) is 0 Å². The molecule has 4 heteroatoms. The molecule has 2 aromatic rings. The number of hydrogen-bond acceptors (Lipinski definition) is 4. The summed E-state index contributed by atoms with van der Waals surface area (Å²) in [6, 6.07) is 15.2. The number of benzene rings is 2. The van der Waals surface area contributed by atoms with E-state index < -0.39 is 0 Å². The summed E-state index contributed by atoms with van der Waals surface area (Å²) in [5, 5.41) is 9.57. The standard InChI is InChI=1S/C21H21N3O/c1-4-24(2)21-14-19(25-3)12-13-20(21)17(15-22)7-5-6-16-8-10-18(23)11-9-16/h7-14H,4,23H2,1-3H3/b17-7+. The van der Waals surface area contributed by atoms with E-state index in [0.29, 0.717) is 11.3 Å². The molecule has 2 N–H and O–H groups in total. The van der Waals surface area contributed by atoms with Crippen LogP contribution in [0.1, 0.15) is 18.1 Å². The fourth-order valence-electron chi connectivity index (χ4n) is 2.28. The van der Waals surface area contributed by atoms with E-state index in [2.05, 4.69) is 29.7 Å². The number of ether oxygens (including phenoxy) is 1. The van der Waals surface area contributed by atoms with E-state index in [0.717, 1.165) is 29.1 Å². The first-order valence-corrected chi connectivity index (χ1v) is 7.96. The quantitative estimate of drug-likeness (QED) is 0.527. The maximum absolute atomic E-state index is 9.57. The third kappa shape index (κ3) is 4.56. The van der Waals surface area contributed by atoms with Gasteiger partial charge < -0.3 is 15.4 Å². The molecule has 0 fully saturated rings. The summed E-state index contributed by atoms with van der Waals surface area (Å²) >= 11 is 0. The second-order valence-corrected chi connectivity index (χ2v) is 5.46. The Morgan fingerprint density at radius 1 is 1.24 bits per heavy atom. The average molecular weight is 331 g/mol. The van der Waals surface area contributed by atoms with Crippen LogP contribution < -0.4 is 15.4 Å². The van der Waals surface area contributed by atoms with Crippen molar-refractivity contribution in [2.75, 3.05) is 31.3 Å². The SMILES string of the molecule is CCN(C)c1cc(OC)ccc1/C(C#N)=C/C#Cc1ccc(N)cc1. The van der Waals surface area contributed by atoms with Gasteiger partial charge in [-0.05, 0) is 43.3 Å². The van der Waals surface area contributed by atoms with Gasteiger partial charge in [0.25, 0.3) is 0 Å². The number of nitrogens with zero attached hydrogens (tertiary/aromatic N) is 2. The van der Waals surface area contributed by atoms with Crippen molar-refractivity contribution in [3.63, 3.8) is 0 Å². The van der Waals surface area contributed by atoms with Crippen LogP contribution in [-0.4, -0.2) is 20.7 Å². The maximum atomic E-state index is 9.57. The van der Waals surface area contributed by atoms with Crippen molar-refractivity contribution in [3.05, 3.63) is 59.7 Å². The third-order valence-corrected chi connectivity index (χ3v) is 3.84. The Labute approximate surface area is 149 Å². The van der Waals surface area contributed by atoms with E-state index >= 15 is 0 Å². The molecule has 0 aliphatic carbocycles. The van der Waals surface area contributed by atoms with Crippen molar-refractivity contribution in [1.29, 1.82) is 5.26 Å². The molecule has 0 radical (unpaired) electrons.